The summed E-state index contributed by atoms with van der Waals surface area (Å²) >= 11 is 0. The van der Waals surface area contributed by atoms with Crippen molar-refractivity contribution in [3.05, 3.63) is 12.2 Å². The van der Waals surface area contributed by atoms with Crippen LogP contribution >= 0.6 is 7.82 Å². The molecule has 0 aromatic rings. The minimum Gasteiger partial charge on any atom is -0.389 e. The first-order chi connectivity index (χ1) is 12.8. The smallest absolute Gasteiger partial charge is 0.389 e. The molecule has 162 valence electrons. The Balaban J connectivity index is 3.43. The van der Waals surface area contributed by atoms with Gasteiger partial charge in [-0.15, -0.1) is 0 Å². The highest BCUT2D eigenvalue weighted by atomic mass is 31.2. The van der Waals surface area contributed by atoms with Gasteiger partial charge < -0.3 is 20.6 Å². The SMILES string of the molecule is CCCCCCCCCCCCCC=C[C@@H](O)CC[C@@H](N)COP(=O)(O)O. The molecule has 0 rings (SSSR count). The highest BCUT2D eigenvalue weighted by molar-refractivity contribution is 7.46. The summed E-state index contributed by atoms with van der Waals surface area (Å²) in [5, 5.41) is 9.87. The number of nitrogens with two attached hydrogens (primary N) is 1. The molecule has 0 aliphatic carbocycles. The Bertz CT molecular complexity index is 400. The zero-order valence-electron chi connectivity index (χ0n) is 17.1. The van der Waals surface area contributed by atoms with Gasteiger partial charge in [-0.3, -0.25) is 4.52 Å². The molecule has 7 heteroatoms. The second-order valence-corrected chi connectivity index (χ2v) is 8.68. The van der Waals surface area contributed by atoms with E-state index in [0.29, 0.717) is 12.8 Å². The third-order valence-corrected chi connectivity index (χ3v) is 5.11. The van der Waals surface area contributed by atoms with Gasteiger partial charge in [0.1, 0.15) is 0 Å². The number of aliphatic hydroxyl groups excluding tert-OH is 1. The summed E-state index contributed by atoms with van der Waals surface area (Å²) in [6, 6.07) is -0.493. The molecule has 0 bridgehead atoms. The molecule has 0 saturated carbocycles. The van der Waals surface area contributed by atoms with Crippen LogP contribution in [0.2, 0.25) is 0 Å². The van der Waals surface area contributed by atoms with Crippen LogP contribution in [0.1, 0.15) is 96.8 Å². The molecule has 0 radical (unpaired) electrons. The summed E-state index contributed by atoms with van der Waals surface area (Å²) in [7, 11) is -4.47. The number of rotatable bonds is 19. The van der Waals surface area contributed by atoms with Gasteiger partial charge in [0, 0.05) is 6.04 Å². The lowest BCUT2D eigenvalue weighted by Gasteiger charge is -2.13. The topological polar surface area (TPSA) is 113 Å². The van der Waals surface area contributed by atoms with E-state index in [1.54, 1.807) is 6.08 Å². The van der Waals surface area contributed by atoms with Crippen LogP contribution in [-0.4, -0.2) is 33.6 Å². The molecule has 5 N–H and O–H groups in total. The molecule has 0 aliphatic rings. The molecular weight excluding hydrogens is 365 g/mol. The standard InChI is InChI=1S/C20H42NO5P/c1-2-3-4-5-6-7-8-9-10-11-12-13-14-15-20(22)17-16-19(21)18-26-27(23,24)25/h14-15,19-20,22H,2-13,16-18,21H2,1H3,(H2,23,24,25)/t19-,20-/m1/s1. The fourth-order valence-corrected chi connectivity index (χ4v) is 3.32. The van der Waals surface area contributed by atoms with Crippen LogP contribution in [0.4, 0.5) is 0 Å². The summed E-state index contributed by atoms with van der Waals surface area (Å²) < 4.78 is 14.9. The van der Waals surface area contributed by atoms with E-state index < -0.39 is 20.0 Å². The number of hydrogen-bond acceptors (Lipinski definition) is 4. The average Bonchev–Trinajstić information content (AvgIpc) is 2.61. The molecule has 0 spiro atoms. The minimum absolute atomic E-state index is 0.209. The number of phosphoric acid groups is 1. The highest BCUT2D eigenvalue weighted by Gasteiger charge is 2.16. The summed E-state index contributed by atoms with van der Waals surface area (Å²) in [5.41, 5.74) is 5.70. The van der Waals surface area contributed by atoms with Crippen LogP contribution in [-0.2, 0) is 9.09 Å². The molecular formula is C20H42NO5P. The van der Waals surface area contributed by atoms with E-state index in [-0.39, 0.29) is 6.61 Å². The third-order valence-electron chi connectivity index (χ3n) is 4.62. The zero-order chi connectivity index (χ0) is 20.4. The van der Waals surface area contributed by atoms with Crippen LogP contribution in [0.5, 0.6) is 0 Å². The van der Waals surface area contributed by atoms with E-state index in [9.17, 15) is 9.67 Å². The van der Waals surface area contributed by atoms with Gasteiger partial charge in [0.25, 0.3) is 0 Å². The number of allylic oxidation sites excluding steroid dienone is 1. The van der Waals surface area contributed by atoms with Crippen molar-refractivity contribution in [3.8, 4) is 0 Å². The summed E-state index contributed by atoms with van der Waals surface area (Å²) in [4.78, 5) is 17.2. The van der Waals surface area contributed by atoms with Crippen molar-refractivity contribution >= 4 is 7.82 Å². The predicted molar refractivity (Wildman–Crippen MR) is 111 cm³/mol. The van der Waals surface area contributed by atoms with E-state index in [4.69, 9.17) is 15.5 Å². The molecule has 2 atom stereocenters. The van der Waals surface area contributed by atoms with Crippen molar-refractivity contribution in [2.45, 2.75) is 109 Å². The molecule has 0 fully saturated rings. The Labute approximate surface area is 165 Å². The van der Waals surface area contributed by atoms with Gasteiger partial charge in [-0.2, -0.15) is 0 Å². The fraction of sp³-hybridized carbons (Fsp3) is 0.900. The van der Waals surface area contributed by atoms with Crippen molar-refractivity contribution in [2.24, 2.45) is 5.73 Å². The lowest BCUT2D eigenvalue weighted by atomic mass is 10.0. The van der Waals surface area contributed by atoms with Crippen molar-refractivity contribution in [3.63, 3.8) is 0 Å². The average molecular weight is 408 g/mol. The Kier molecular flexibility index (Phi) is 17.7. The van der Waals surface area contributed by atoms with E-state index >= 15 is 0 Å². The fourth-order valence-electron chi connectivity index (χ4n) is 2.94. The molecule has 27 heavy (non-hydrogen) atoms. The first-order valence-electron chi connectivity index (χ1n) is 10.7. The van der Waals surface area contributed by atoms with Crippen LogP contribution in [0.15, 0.2) is 12.2 Å². The Morgan fingerprint density at radius 2 is 1.44 bits per heavy atom. The van der Waals surface area contributed by atoms with Gasteiger partial charge in [0.15, 0.2) is 0 Å². The monoisotopic (exact) mass is 407 g/mol. The van der Waals surface area contributed by atoms with Crippen LogP contribution < -0.4 is 5.73 Å². The second-order valence-electron chi connectivity index (χ2n) is 7.44. The Hall–Kier alpha value is -0.230. The molecule has 0 unspecified atom stereocenters. The van der Waals surface area contributed by atoms with Crippen LogP contribution in [0.25, 0.3) is 0 Å². The molecule has 0 aromatic carbocycles. The van der Waals surface area contributed by atoms with E-state index in [1.807, 2.05) is 6.08 Å². The summed E-state index contributed by atoms with van der Waals surface area (Å²) in [6.45, 7) is 2.04. The molecule has 0 aliphatic heterocycles. The van der Waals surface area contributed by atoms with Gasteiger partial charge in [-0.1, -0.05) is 83.3 Å². The third kappa shape index (κ3) is 21.9. The number of hydrogen-bond donors (Lipinski definition) is 4. The van der Waals surface area contributed by atoms with Crippen LogP contribution in [0, 0.1) is 0 Å². The van der Waals surface area contributed by atoms with Gasteiger partial charge >= 0.3 is 7.82 Å². The zero-order valence-corrected chi connectivity index (χ0v) is 18.0. The van der Waals surface area contributed by atoms with Gasteiger partial charge in [-0.05, 0) is 25.7 Å². The van der Waals surface area contributed by atoms with E-state index in [1.165, 1.54) is 64.2 Å². The normalized spacial score (nSPS) is 14.7. The molecule has 0 aromatic heterocycles. The van der Waals surface area contributed by atoms with Crippen LogP contribution in [0.3, 0.4) is 0 Å². The summed E-state index contributed by atoms with van der Waals surface area (Å²) in [6.07, 6.45) is 19.7. The second kappa shape index (κ2) is 17.8. The van der Waals surface area contributed by atoms with E-state index in [0.717, 1.165) is 12.8 Å². The molecule has 0 heterocycles. The van der Waals surface area contributed by atoms with Crippen molar-refractivity contribution < 1.29 is 24.0 Å². The molecule has 0 amide bonds. The number of unbranched alkanes of at least 4 members (excludes halogenated alkanes) is 11. The van der Waals surface area contributed by atoms with Crippen molar-refractivity contribution in [2.75, 3.05) is 6.61 Å². The lowest BCUT2D eigenvalue weighted by Crippen LogP contribution is -2.26. The van der Waals surface area contributed by atoms with Gasteiger partial charge in [0.05, 0.1) is 12.7 Å². The van der Waals surface area contributed by atoms with Crippen molar-refractivity contribution in [1.29, 1.82) is 0 Å². The quantitative estimate of drug-likeness (QED) is 0.139. The minimum atomic E-state index is -4.47. The van der Waals surface area contributed by atoms with E-state index in [2.05, 4.69) is 11.4 Å². The summed E-state index contributed by atoms with van der Waals surface area (Å²) in [5.74, 6) is 0. The first-order valence-corrected chi connectivity index (χ1v) is 12.2. The maximum absolute atomic E-state index is 10.6. The predicted octanol–water partition coefficient (Wildman–Crippen LogP) is 4.82. The molecule has 0 saturated heterocycles. The Morgan fingerprint density at radius 1 is 0.926 bits per heavy atom. The van der Waals surface area contributed by atoms with Crippen molar-refractivity contribution in [1.82, 2.24) is 0 Å². The van der Waals surface area contributed by atoms with Gasteiger partial charge in [0.2, 0.25) is 0 Å². The van der Waals surface area contributed by atoms with Gasteiger partial charge in [-0.25, -0.2) is 4.57 Å². The number of aliphatic hydroxyl groups is 1. The number of phosphoric ester groups is 1. The lowest BCUT2D eigenvalue weighted by molar-refractivity contribution is 0.171. The first kappa shape index (κ1) is 26.8. The maximum Gasteiger partial charge on any atom is 0.469 e. The maximum atomic E-state index is 10.6. The largest absolute Gasteiger partial charge is 0.469 e. The highest BCUT2D eigenvalue weighted by Crippen LogP contribution is 2.35. The Morgan fingerprint density at radius 3 is 1.96 bits per heavy atom. The molecule has 6 nitrogen and oxygen atoms in total.